The van der Waals surface area contributed by atoms with Gasteiger partial charge in [-0.2, -0.15) is 11.8 Å². The van der Waals surface area contributed by atoms with Crippen LogP contribution in [-0.2, 0) is 6.42 Å². The maximum Gasteiger partial charge on any atom is 0.0233 e. The van der Waals surface area contributed by atoms with Crippen LogP contribution < -0.4 is 0 Å². The van der Waals surface area contributed by atoms with Crippen molar-refractivity contribution in [2.75, 3.05) is 11.6 Å². The molecule has 0 N–H and O–H groups in total. The molecule has 0 radical (unpaired) electrons. The fraction of sp³-hybridized carbons (Fsp3) is 0.538. The molecular formula is C13H17ClS. The highest BCUT2D eigenvalue weighted by molar-refractivity contribution is 7.99. The number of alkyl halides is 1. The Morgan fingerprint density at radius 1 is 1.47 bits per heavy atom. The van der Waals surface area contributed by atoms with Crippen LogP contribution in [-0.4, -0.2) is 16.9 Å². The summed E-state index contributed by atoms with van der Waals surface area (Å²) in [5.41, 5.74) is 3.12. The third-order valence-electron chi connectivity index (χ3n) is 3.06. The van der Waals surface area contributed by atoms with Gasteiger partial charge in [0.25, 0.3) is 0 Å². The molecule has 1 aliphatic carbocycles. The van der Waals surface area contributed by atoms with Crippen LogP contribution in [0, 0.1) is 0 Å². The van der Waals surface area contributed by atoms with Gasteiger partial charge in [0.15, 0.2) is 0 Å². The second kappa shape index (κ2) is 5.27. The molecule has 0 amide bonds. The molecule has 0 spiro atoms. The molecule has 0 bridgehead atoms. The van der Waals surface area contributed by atoms with Crippen LogP contribution in [0.2, 0.25) is 0 Å². The molecular weight excluding hydrogens is 224 g/mol. The highest BCUT2D eigenvalue weighted by Crippen LogP contribution is 2.37. The predicted octanol–water partition coefficient (Wildman–Crippen LogP) is 4.08. The van der Waals surface area contributed by atoms with E-state index in [1.807, 2.05) is 0 Å². The van der Waals surface area contributed by atoms with Crippen molar-refractivity contribution in [2.45, 2.75) is 30.9 Å². The predicted molar refractivity (Wildman–Crippen MR) is 70.1 cm³/mol. The molecule has 2 unspecified atom stereocenters. The Morgan fingerprint density at radius 2 is 2.27 bits per heavy atom. The van der Waals surface area contributed by atoms with E-state index in [2.05, 4.69) is 43.0 Å². The summed E-state index contributed by atoms with van der Waals surface area (Å²) >= 11 is 7.79. The van der Waals surface area contributed by atoms with Crippen LogP contribution >= 0.6 is 23.4 Å². The molecule has 0 heterocycles. The third-order valence-corrected chi connectivity index (χ3v) is 4.68. The number of hydrogen-bond acceptors (Lipinski definition) is 1. The number of halogens is 1. The third kappa shape index (κ3) is 2.70. The van der Waals surface area contributed by atoms with Gasteiger partial charge >= 0.3 is 0 Å². The van der Waals surface area contributed by atoms with Gasteiger partial charge in [-0.05, 0) is 29.9 Å². The molecule has 0 fully saturated rings. The normalized spacial score (nSPS) is 20.5. The second-order valence-electron chi connectivity index (χ2n) is 4.22. The monoisotopic (exact) mass is 240 g/mol. The molecule has 15 heavy (non-hydrogen) atoms. The van der Waals surface area contributed by atoms with Crippen molar-refractivity contribution in [1.82, 2.24) is 0 Å². The van der Waals surface area contributed by atoms with Crippen molar-refractivity contribution in [1.29, 1.82) is 0 Å². The van der Waals surface area contributed by atoms with E-state index in [0.717, 1.165) is 18.2 Å². The first kappa shape index (κ1) is 11.3. The molecule has 1 aliphatic rings. The van der Waals surface area contributed by atoms with Crippen LogP contribution in [0.1, 0.15) is 30.4 Å². The molecule has 0 nitrogen and oxygen atoms in total. The van der Waals surface area contributed by atoms with Gasteiger partial charge < -0.3 is 0 Å². The van der Waals surface area contributed by atoms with Crippen molar-refractivity contribution in [3.8, 4) is 0 Å². The minimum atomic E-state index is 0.704. The van der Waals surface area contributed by atoms with Gasteiger partial charge in [0, 0.05) is 16.9 Å². The van der Waals surface area contributed by atoms with Crippen molar-refractivity contribution in [3.63, 3.8) is 0 Å². The number of hydrogen-bond donors (Lipinski definition) is 0. The fourth-order valence-corrected chi connectivity index (χ4v) is 3.63. The quantitative estimate of drug-likeness (QED) is 0.699. The van der Waals surface area contributed by atoms with Crippen LogP contribution in [0.15, 0.2) is 24.3 Å². The van der Waals surface area contributed by atoms with Crippen LogP contribution in [0.5, 0.6) is 0 Å². The van der Waals surface area contributed by atoms with Gasteiger partial charge in [-0.1, -0.05) is 31.2 Å². The van der Waals surface area contributed by atoms with Crippen molar-refractivity contribution >= 4 is 23.4 Å². The molecule has 0 saturated heterocycles. The largest absolute Gasteiger partial charge is 0.158 e. The highest BCUT2D eigenvalue weighted by atomic mass is 35.5. The molecule has 0 saturated carbocycles. The lowest BCUT2D eigenvalue weighted by atomic mass is 9.79. The molecule has 0 aromatic heterocycles. The summed E-state index contributed by atoms with van der Waals surface area (Å²) in [6.07, 6.45) is 2.40. The number of rotatable bonds is 5. The summed E-state index contributed by atoms with van der Waals surface area (Å²) in [7, 11) is 0. The Kier molecular flexibility index (Phi) is 3.99. The van der Waals surface area contributed by atoms with E-state index in [4.69, 9.17) is 11.6 Å². The lowest BCUT2D eigenvalue weighted by Gasteiger charge is -2.30. The van der Waals surface area contributed by atoms with E-state index < -0.39 is 0 Å². The zero-order chi connectivity index (χ0) is 10.7. The maximum absolute atomic E-state index is 5.73. The van der Waals surface area contributed by atoms with Gasteiger partial charge in [-0.3, -0.25) is 0 Å². The van der Waals surface area contributed by atoms with E-state index in [1.54, 1.807) is 11.1 Å². The number of thioether (sulfide) groups is 1. The zero-order valence-corrected chi connectivity index (χ0v) is 10.7. The average molecular weight is 241 g/mol. The molecule has 2 heteroatoms. The first-order valence-corrected chi connectivity index (χ1v) is 7.15. The van der Waals surface area contributed by atoms with Gasteiger partial charge in [-0.25, -0.2) is 0 Å². The first-order chi connectivity index (χ1) is 7.31. The minimum absolute atomic E-state index is 0.704. The van der Waals surface area contributed by atoms with Crippen molar-refractivity contribution < 1.29 is 0 Å². The molecule has 2 rings (SSSR count). The topological polar surface area (TPSA) is 0 Å². The molecule has 1 aromatic rings. The van der Waals surface area contributed by atoms with E-state index in [-0.39, 0.29) is 0 Å². The van der Waals surface area contributed by atoms with Crippen LogP contribution in [0.4, 0.5) is 0 Å². The Labute approximate surface area is 101 Å². The summed E-state index contributed by atoms with van der Waals surface area (Å²) in [6.45, 7) is 2.28. The fourth-order valence-electron chi connectivity index (χ4n) is 2.03. The Morgan fingerprint density at radius 3 is 3.00 bits per heavy atom. The molecule has 2 atom stereocenters. The number of benzene rings is 1. The van der Waals surface area contributed by atoms with E-state index in [0.29, 0.717) is 5.25 Å². The summed E-state index contributed by atoms with van der Waals surface area (Å²) in [4.78, 5) is 0. The van der Waals surface area contributed by atoms with Gasteiger partial charge in [0.1, 0.15) is 0 Å². The van der Waals surface area contributed by atoms with E-state index in [9.17, 15) is 0 Å². The first-order valence-electron chi connectivity index (χ1n) is 5.56. The van der Waals surface area contributed by atoms with Crippen molar-refractivity contribution in [3.05, 3.63) is 35.4 Å². The number of fused-ring (bicyclic) bond motifs is 1. The standard InChI is InChI=1S/C13H17ClS/c1-10(6-7-14)15-9-12-8-11-4-2-3-5-13(11)12/h2-5,10,12H,6-9H2,1H3. The Balaban J connectivity index is 1.80. The average Bonchev–Trinajstić information content (AvgIpc) is 2.20. The van der Waals surface area contributed by atoms with Crippen LogP contribution in [0.3, 0.4) is 0 Å². The highest BCUT2D eigenvalue weighted by Gasteiger charge is 2.25. The second-order valence-corrected chi connectivity index (χ2v) is 6.07. The van der Waals surface area contributed by atoms with E-state index >= 15 is 0 Å². The van der Waals surface area contributed by atoms with Crippen LogP contribution in [0.25, 0.3) is 0 Å². The Hall–Kier alpha value is -0.140. The zero-order valence-electron chi connectivity index (χ0n) is 9.08. The van der Waals surface area contributed by atoms with Gasteiger partial charge in [0.2, 0.25) is 0 Å². The SMILES string of the molecule is CC(CCCl)SCC1Cc2ccccc21. The summed E-state index contributed by atoms with van der Waals surface area (Å²) in [5, 5.41) is 0.704. The summed E-state index contributed by atoms with van der Waals surface area (Å²) in [6, 6.07) is 8.81. The van der Waals surface area contributed by atoms with E-state index in [1.165, 1.54) is 12.2 Å². The molecule has 1 aromatic carbocycles. The van der Waals surface area contributed by atoms with Crippen molar-refractivity contribution in [2.24, 2.45) is 0 Å². The maximum atomic E-state index is 5.73. The smallest absolute Gasteiger partial charge is 0.0233 e. The summed E-state index contributed by atoms with van der Waals surface area (Å²) in [5.74, 6) is 2.84. The summed E-state index contributed by atoms with van der Waals surface area (Å²) < 4.78 is 0. The Bertz CT molecular complexity index is 324. The minimum Gasteiger partial charge on any atom is -0.158 e. The van der Waals surface area contributed by atoms with Gasteiger partial charge in [0.05, 0.1) is 0 Å². The lowest BCUT2D eigenvalue weighted by Crippen LogP contribution is -2.19. The lowest BCUT2D eigenvalue weighted by molar-refractivity contribution is 0.675. The van der Waals surface area contributed by atoms with Gasteiger partial charge in [-0.15, -0.1) is 11.6 Å². The molecule has 0 aliphatic heterocycles. The molecule has 82 valence electrons.